The molecule has 0 aliphatic carbocycles. The maximum Gasteiger partial charge on any atom is 0.242 e. The molecule has 1 atom stereocenters. The van der Waals surface area contributed by atoms with Crippen LogP contribution in [0.2, 0.25) is 0 Å². The lowest BCUT2D eigenvalue weighted by Gasteiger charge is -2.31. The number of sulfonamides is 1. The second-order valence-corrected chi connectivity index (χ2v) is 11.9. The van der Waals surface area contributed by atoms with Crippen LogP contribution in [0.25, 0.3) is 0 Å². The van der Waals surface area contributed by atoms with Crippen LogP contribution < -0.4 is 9.62 Å². The van der Waals surface area contributed by atoms with E-state index >= 15 is 0 Å². The van der Waals surface area contributed by atoms with E-state index in [0.29, 0.717) is 24.2 Å². The molecule has 1 unspecified atom stereocenters. The number of anilines is 1. The number of rotatable bonds is 13. The van der Waals surface area contributed by atoms with E-state index in [4.69, 9.17) is 0 Å². The molecule has 0 aromatic heterocycles. The number of benzene rings is 2. The smallest absolute Gasteiger partial charge is 0.242 e. The van der Waals surface area contributed by atoms with Gasteiger partial charge < -0.3 is 10.2 Å². The summed E-state index contributed by atoms with van der Waals surface area (Å²) in [5, 5.41) is 2.91. The lowest BCUT2D eigenvalue weighted by molar-refractivity contribution is -0.141. The fourth-order valence-corrected chi connectivity index (χ4v) is 5.18. The molecule has 7 nitrogen and oxygen atoms in total. The van der Waals surface area contributed by atoms with Crippen molar-refractivity contribution in [2.24, 2.45) is 5.92 Å². The van der Waals surface area contributed by atoms with Gasteiger partial charge in [-0.15, -0.1) is 0 Å². The number of halogens is 1. The molecular weight excluding hydrogens is 493 g/mol. The SMILES string of the molecule is CCC(C(=O)NCC(C)C)N(Cc1ccc(F)cc1)C(=O)CCCN(c1cc(C)cc(C)c1)S(C)(=O)=O. The molecule has 9 heteroatoms. The third kappa shape index (κ3) is 9.46. The Morgan fingerprint density at radius 1 is 1.03 bits per heavy atom. The number of hydrogen-bond acceptors (Lipinski definition) is 4. The quantitative estimate of drug-likeness (QED) is 0.409. The molecule has 2 aromatic rings. The van der Waals surface area contributed by atoms with Crippen LogP contribution >= 0.6 is 0 Å². The topological polar surface area (TPSA) is 86.8 Å². The van der Waals surface area contributed by atoms with E-state index in [1.807, 2.05) is 52.8 Å². The number of carbonyl (C=O) groups excluding carboxylic acids is 2. The summed E-state index contributed by atoms with van der Waals surface area (Å²) in [7, 11) is -3.56. The Morgan fingerprint density at radius 2 is 1.62 bits per heavy atom. The predicted molar refractivity (Wildman–Crippen MR) is 146 cm³/mol. The fourth-order valence-electron chi connectivity index (χ4n) is 4.23. The minimum Gasteiger partial charge on any atom is -0.354 e. The molecule has 0 radical (unpaired) electrons. The summed E-state index contributed by atoms with van der Waals surface area (Å²) in [6.45, 7) is 10.4. The highest BCUT2D eigenvalue weighted by Gasteiger charge is 2.29. The van der Waals surface area contributed by atoms with Crippen LogP contribution in [0.1, 0.15) is 56.7 Å². The Morgan fingerprint density at radius 3 is 2.14 bits per heavy atom. The van der Waals surface area contributed by atoms with Crippen molar-refractivity contribution in [2.45, 2.75) is 66.5 Å². The summed E-state index contributed by atoms with van der Waals surface area (Å²) in [6, 6.07) is 10.7. The Labute approximate surface area is 221 Å². The zero-order valence-electron chi connectivity index (χ0n) is 22.8. The van der Waals surface area contributed by atoms with Crippen LogP contribution in [-0.4, -0.2) is 50.5 Å². The summed E-state index contributed by atoms with van der Waals surface area (Å²) in [5.41, 5.74) is 3.17. The molecular formula is C28H40FN3O4S. The van der Waals surface area contributed by atoms with Crippen LogP contribution in [-0.2, 0) is 26.2 Å². The first kappa shape index (κ1) is 30.3. The zero-order valence-corrected chi connectivity index (χ0v) is 23.6. The Bertz CT molecular complexity index is 1150. The standard InChI is InChI=1S/C28H40FN3O4S/c1-7-26(28(34)30-18-20(2)3)31(19-23-10-12-24(29)13-11-23)27(33)9-8-14-32(37(6,35)36)25-16-21(4)15-22(5)17-25/h10-13,15-17,20,26H,7-9,14,18-19H2,1-6H3,(H,30,34). The second kappa shape index (κ2) is 13.6. The van der Waals surface area contributed by atoms with E-state index in [9.17, 15) is 22.4 Å². The molecule has 0 aliphatic heterocycles. The summed E-state index contributed by atoms with van der Waals surface area (Å²) < 4.78 is 39.9. The number of nitrogens with one attached hydrogen (secondary N) is 1. The van der Waals surface area contributed by atoms with Gasteiger partial charge in [0, 0.05) is 26.1 Å². The Hall–Kier alpha value is -2.94. The predicted octanol–water partition coefficient (Wildman–Crippen LogP) is 4.57. The van der Waals surface area contributed by atoms with Crippen LogP contribution in [0.15, 0.2) is 42.5 Å². The highest BCUT2D eigenvalue weighted by Crippen LogP contribution is 2.22. The normalized spacial score (nSPS) is 12.3. The van der Waals surface area contributed by atoms with E-state index in [0.717, 1.165) is 17.4 Å². The number of carbonyl (C=O) groups is 2. The summed E-state index contributed by atoms with van der Waals surface area (Å²) in [5.74, 6) is -0.616. The number of hydrogen-bond donors (Lipinski definition) is 1. The van der Waals surface area contributed by atoms with Gasteiger partial charge in [0.1, 0.15) is 11.9 Å². The first-order valence-corrected chi connectivity index (χ1v) is 14.5. The van der Waals surface area contributed by atoms with Crippen molar-refractivity contribution in [2.75, 3.05) is 23.7 Å². The van der Waals surface area contributed by atoms with Crippen LogP contribution in [0.4, 0.5) is 10.1 Å². The van der Waals surface area contributed by atoms with Gasteiger partial charge in [0.25, 0.3) is 0 Å². The van der Waals surface area contributed by atoms with E-state index in [-0.39, 0.29) is 49.5 Å². The van der Waals surface area contributed by atoms with Crippen molar-refractivity contribution < 1.29 is 22.4 Å². The zero-order chi connectivity index (χ0) is 27.8. The van der Waals surface area contributed by atoms with Crippen molar-refractivity contribution in [1.82, 2.24) is 10.2 Å². The minimum atomic E-state index is -3.56. The van der Waals surface area contributed by atoms with Gasteiger partial charge in [-0.2, -0.15) is 0 Å². The summed E-state index contributed by atoms with van der Waals surface area (Å²) in [6.07, 6.45) is 1.91. The molecule has 0 spiro atoms. The third-order valence-electron chi connectivity index (χ3n) is 5.98. The maximum absolute atomic E-state index is 13.4. The monoisotopic (exact) mass is 533 g/mol. The van der Waals surface area contributed by atoms with Gasteiger partial charge in [-0.1, -0.05) is 39.0 Å². The van der Waals surface area contributed by atoms with Gasteiger partial charge in [0.15, 0.2) is 0 Å². The molecule has 1 N–H and O–H groups in total. The number of nitrogens with zero attached hydrogens (tertiary/aromatic N) is 2. The maximum atomic E-state index is 13.4. The largest absolute Gasteiger partial charge is 0.354 e. The Kier molecular flexibility index (Phi) is 11.1. The molecule has 0 fully saturated rings. The first-order chi connectivity index (χ1) is 17.3. The molecule has 0 heterocycles. The van der Waals surface area contributed by atoms with Crippen molar-refractivity contribution >= 4 is 27.5 Å². The highest BCUT2D eigenvalue weighted by atomic mass is 32.2. The van der Waals surface area contributed by atoms with Crippen molar-refractivity contribution in [3.8, 4) is 0 Å². The molecule has 37 heavy (non-hydrogen) atoms. The van der Waals surface area contributed by atoms with Crippen molar-refractivity contribution in [1.29, 1.82) is 0 Å². The van der Waals surface area contributed by atoms with Gasteiger partial charge in [-0.25, -0.2) is 12.8 Å². The first-order valence-electron chi connectivity index (χ1n) is 12.7. The molecule has 204 valence electrons. The summed E-state index contributed by atoms with van der Waals surface area (Å²) in [4.78, 5) is 27.9. The molecule has 0 saturated heterocycles. The third-order valence-corrected chi connectivity index (χ3v) is 7.18. The van der Waals surface area contributed by atoms with Crippen LogP contribution in [0, 0.1) is 25.6 Å². The second-order valence-electron chi connectivity index (χ2n) is 10.00. The highest BCUT2D eigenvalue weighted by molar-refractivity contribution is 7.92. The van der Waals surface area contributed by atoms with Gasteiger partial charge in [0.2, 0.25) is 21.8 Å². The molecule has 0 aliphatic rings. The van der Waals surface area contributed by atoms with E-state index in [1.165, 1.54) is 21.3 Å². The van der Waals surface area contributed by atoms with Crippen LogP contribution in [0.5, 0.6) is 0 Å². The average molecular weight is 534 g/mol. The van der Waals surface area contributed by atoms with Gasteiger partial charge in [-0.3, -0.25) is 13.9 Å². The molecule has 2 aromatic carbocycles. The molecule has 2 amide bonds. The van der Waals surface area contributed by atoms with Gasteiger partial charge >= 0.3 is 0 Å². The van der Waals surface area contributed by atoms with E-state index in [2.05, 4.69) is 5.32 Å². The van der Waals surface area contributed by atoms with Crippen LogP contribution in [0.3, 0.4) is 0 Å². The Balaban J connectivity index is 2.22. The molecule has 2 rings (SSSR count). The minimum absolute atomic E-state index is 0.0615. The average Bonchev–Trinajstić information content (AvgIpc) is 2.79. The van der Waals surface area contributed by atoms with E-state index < -0.39 is 16.1 Å². The van der Waals surface area contributed by atoms with Crippen molar-refractivity contribution in [3.05, 3.63) is 65.0 Å². The van der Waals surface area contributed by atoms with E-state index in [1.54, 1.807) is 12.1 Å². The summed E-state index contributed by atoms with van der Waals surface area (Å²) >= 11 is 0. The number of amides is 2. The van der Waals surface area contributed by atoms with Gasteiger partial charge in [-0.05, 0) is 73.6 Å². The molecule has 0 saturated carbocycles. The fraction of sp³-hybridized carbons (Fsp3) is 0.500. The van der Waals surface area contributed by atoms with Gasteiger partial charge in [0.05, 0.1) is 11.9 Å². The lowest BCUT2D eigenvalue weighted by Crippen LogP contribution is -2.49. The van der Waals surface area contributed by atoms with Crippen molar-refractivity contribution in [3.63, 3.8) is 0 Å². The molecule has 0 bridgehead atoms. The number of aryl methyl sites for hydroxylation is 2. The lowest BCUT2D eigenvalue weighted by atomic mass is 10.1.